The molecule has 1 heterocycles. The normalized spacial score (nSPS) is 11.0. The van der Waals surface area contributed by atoms with E-state index < -0.39 is 0 Å². The molecule has 0 amide bonds. The fraction of sp³-hybridized carbons (Fsp3) is 0.118. The Hall–Kier alpha value is -1.94. The van der Waals surface area contributed by atoms with Gasteiger partial charge in [-0.15, -0.1) is 0 Å². The third-order valence-electron chi connectivity index (χ3n) is 3.46. The third-order valence-corrected chi connectivity index (χ3v) is 4.23. The highest BCUT2D eigenvalue weighted by molar-refractivity contribution is 9.10. The monoisotopic (exact) mass is 346 g/mol. The summed E-state index contributed by atoms with van der Waals surface area (Å²) in [7, 11) is 0. The standard InChI is InChI=1S/C17H12BrFO2/c1-10-13-9-12(19)6-7-16(13)21-17(10)15(20)8-11-4-2-3-5-14(11)18/h2-7,9H,8H2,1H3. The van der Waals surface area contributed by atoms with E-state index in [4.69, 9.17) is 4.42 Å². The van der Waals surface area contributed by atoms with Crippen molar-refractivity contribution in [3.05, 3.63) is 69.6 Å². The summed E-state index contributed by atoms with van der Waals surface area (Å²) in [6.45, 7) is 1.78. The fourth-order valence-corrected chi connectivity index (χ4v) is 2.78. The number of carbonyl (C=O) groups is 1. The van der Waals surface area contributed by atoms with Gasteiger partial charge in [-0.3, -0.25) is 4.79 Å². The summed E-state index contributed by atoms with van der Waals surface area (Å²) in [5.41, 5.74) is 2.11. The molecule has 1 aromatic heterocycles. The topological polar surface area (TPSA) is 30.2 Å². The lowest BCUT2D eigenvalue weighted by Gasteiger charge is -2.02. The summed E-state index contributed by atoms with van der Waals surface area (Å²) in [5, 5.41) is 0.644. The van der Waals surface area contributed by atoms with Gasteiger partial charge in [0, 0.05) is 21.8 Å². The first-order valence-corrected chi connectivity index (χ1v) is 7.31. The maximum Gasteiger partial charge on any atom is 0.202 e. The number of hydrogen-bond donors (Lipinski definition) is 0. The van der Waals surface area contributed by atoms with E-state index in [0.717, 1.165) is 10.0 Å². The second kappa shape index (κ2) is 5.45. The zero-order valence-electron chi connectivity index (χ0n) is 11.3. The highest BCUT2D eigenvalue weighted by Crippen LogP contribution is 2.27. The van der Waals surface area contributed by atoms with Crippen LogP contribution in [0.25, 0.3) is 11.0 Å². The number of hydrogen-bond acceptors (Lipinski definition) is 2. The summed E-state index contributed by atoms with van der Waals surface area (Å²) in [6, 6.07) is 11.8. The minimum Gasteiger partial charge on any atom is -0.453 e. The largest absolute Gasteiger partial charge is 0.453 e. The van der Waals surface area contributed by atoms with Crippen LogP contribution >= 0.6 is 15.9 Å². The van der Waals surface area contributed by atoms with Crippen molar-refractivity contribution in [2.24, 2.45) is 0 Å². The van der Waals surface area contributed by atoms with Crippen molar-refractivity contribution in [1.29, 1.82) is 0 Å². The zero-order valence-corrected chi connectivity index (χ0v) is 12.9. The average Bonchev–Trinajstić information content (AvgIpc) is 2.79. The molecule has 21 heavy (non-hydrogen) atoms. The van der Waals surface area contributed by atoms with E-state index >= 15 is 0 Å². The van der Waals surface area contributed by atoms with Gasteiger partial charge in [0.2, 0.25) is 5.78 Å². The Morgan fingerprint density at radius 3 is 2.76 bits per heavy atom. The molecule has 0 bridgehead atoms. The van der Waals surface area contributed by atoms with E-state index in [9.17, 15) is 9.18 Å². The van der Waals surface area contributed by atoms with Gasteiger partial charge in [-0.2, -0.15) is 0 Å². The van der Waals surface area contributed by atoms with Crippen LogP contribution in [0.4, 0.5) is 4.39 Å². The summed E-state index contributed by atoms with van der Waals surface area (Å²) >= 11 is 3.43. The molecule has 106 valence electrons. The average molecular weight is 347 g/mol. The predicted molar refractivity (Wildman–Crippen MR) is 83.1 cm³/mol. The molecule has 0 fully saturated rings. The zero-order chi connectivity index (χ0) is 15.0. The number of furan rings is 1. The van der Waals surface area contributed by atoms with Crippen LogP contribution in [0, 0.1) is 12.7 Å². The Morgan fingerprint density at radius 1 is 1.24 bits per heavy atom. The van der Waals surface area contributed by atoms with Crippen molar-refractivity contribution in [3.63, 3.8) is 0 Å². The van der Waals surface area contributed by atoms with Crippen LogP contribution < -0.4 is 0 Å². The van der Waals surface area contributed by atoms with E-state index in [0.29, 0.717) is 22.3 Å². The molecular formula is C17H12BrFO2. The third kappa shape index (κ3) is 2.63. The van der Waals surface area contributed by atoms with Crippen molar-refractivity contribution in [1.82, 2.24) is 0 Å². The SMILES string of the molecule is Cc1c(C(=O)Cc2ccccc2Br)oc2ccc(F)cc12. The number of fused-ring (bicyclic) bond motifs is 1. The predicted octanol–water partition coefficient (Wildman–Crippen LogP) is 5.07. The minimum atomic E-state index is -0.337. The fourth-order valence-electron chi connectivity index (χ4n) is 2.35. The van der Waals surface area contributed by atoms with Gasteiger partial charge in [0.25, 0.3) is 0 Å². The van der Waals surface area contributed by atoms with Crippen molar-refractivity contribution in [2.45, 2.75) is 13.3 Å². The Kier molecular flexibility index (Phi) is 3.64. The Labute approximate surface area is 129 Å². The summed E-state index contributed by atoms with van der Waals surface area (Å²) in [4.78, 5) is 12.4. The Balaban J connectivity index is 1.99. The van der Waals surface area contributed by atoms with Gasteiger partial charge in [-0.1, -0.05) is 34.1 Å². The second-order valence-electron chi connectivity index (χ2n) is 4.89. The van der Waals surface area contributed by atoms with E-state index in [1.807, 2.05) is 24.3 Å². The lowest BCUT2D eigenvalue weighted by molar-refractivity contribution is 0.0967. The Bertz CT molecular complexity index is 836. The van der Waals surface area contributed by atoms with Crippen LogP contribution in [0.15, 0.2) is 51.4 Å². The van der Waals surface area contributed by atoms with E-state index in [1.54, 1.807) is 13.0 Å². The molecule has 0 spiro atoms. The van der Waals surface area contributed by atoms with Crippen molar-refractivity contribution >= 4 is 32.7 Å². The first-order valence-electron chi connectivity index (χ1n) is 6.51. The van der Waals surface area contributed by atoms with Gasteiger partial charge < -0.3 is 4.42 Å². The first-order chi connectivity index (χ1) is 10.1. The van der Waals surface area contributed by atoms with Crippen molar-refractivity contribution in [3.8, 4) is 0 Å². The smallest absolute Gasteiger partial charge is 0.202 e. The van der Waals surface area contributed by atoms with Gasteiger partial charge in [-0.05, 0) is 36.8 Å². The van der Waals surface area contributed by atoms with Crippen molar-refractivity contribution < 1.29 is 13.6 Å². The molecule has 0 aliphatic carbocycles. The molecule has 4 heteroatoms. The number of rotatable bonds is 3. The van der Waals surface area contributed by atoms with Gasteiger partial charge in [0.1, 0.15) is 11.4 Å². The molecule has 0 aliphatic rings. The van der Waals surface area contributed by atoms with Crippen LogP contribution in [0.1, 0.15) is 21.7 Å². The van der Waals surface area contributed by atoms with Gasteiger partial charge in [-0.25, -0.2) is 4.39 Å². The number of aryl methyl sites for hydroxylation is 1. The van der Waals surface area contributed by atoms with E-state index in [1.165, 1.54) is 12.1 Å². The number of carbonyl (C=O) groups excluding carboxylic acids is 1. The van der Waals surface area contributed by atoms with E-state index in [2.05, 4.69) is 15.9 Å². The quantitative estimate of drug-likeness (QED) is 0.620. The molecule has 0 saturated heterocycles. The molecule has 0 saturated carbocycles. The summed E-state index contributed by atoms with van der Waals surface area (Å²) in [6.07, 6.45) is 0.241. The first kappa shape index (κ1) is 14.0. The molecule has 0 radical (unpaired) electrons. The molecule has 2 aromatic carbocycles. The minimum absolute atomic E-state index is 0.115. The van der Waals surface area contributed by atoms with Crippen LogP contribution in [-0.2, 0) is 6.42 Å². The lowest BCUT2D eigenvalue weighted by Crippen LogP contribution is -2.04. The molecule has 0 atom stereocenters. The van der Waals surface area contributed by atoms with Gasteiger partial charge in [0.05, 0.1) is 0 Å². The van der Waals surface area contributed by atoms with Crippen LogP contribution in [0.2, 0.25) is 0 Å². The van der Waals surface area contributed by atoms with Crippen LogP contribution in [0.3, 0.4) is 0 Å². The molecule has 2 nitrogen and oxygen atoms in total. The number of ketones is 1. The van der Waals surface area contributed by atoms with Gasteiger partial charge in [0.15, 0.2) is 5.76 Å². The highest BCUT2D eigenvalue weighted by atomic mass is 79.9. The lowest BCUT2D eigenvalue weighted by atomic mass is 10.0. The highest BCUT2D eigenvalue weighted by Gasteiger charge is 2.19. The molecule has 0 unspecified atom stereocenters. The molecule has 0 N–H and O–H groups in total. The number of Topliss-reactive ketones (excluding diaryl/α,β-unsaturated/α-hetero) is 1. The molecule has 0 aliphatic heterocycles. The number of halogens is 2. The van der Waals surface area contributed by atoms with Crippen molar-refractivity contribution in [2.75, 3.05) is 0 Å². The van der Waals surface area contributed by atoms with Gasteiger partial charge >= 0.3 is 0 Å². The second-order valence-corrected chi connectivity index (χ2v) is 5.74. The number of benzene rings is 2. The molecular weight excluding hydrogens is 335 g/mol. The molecule has 3 rings (SSSR count). The molecule has 3 aromatic rings. The summed E-state index contributed by atoms with van der Waals surface area (Å²) < 4.78 is 19.8. The summed E-state index contributed by atoms with van der Waals surface area (Å²) in [5.74, 6) is -0.154. The maximum absolute atomic E-state index is 13.3. The van der Waals surface area contributed by atoms with Crippen LogP contribution in [-0.4, -0.2) is 5.78 Å². The maximum atomic E-state index is 13.3. The Morgan fingerprint density at radius 2 is 2.00 bits per heavy atom. The van der Waals surface area contributed by atoms with Crippen LogP contribution in [0.5, 0.6) is 0 Å². The van der Waals surface area contributed by atoms with E-state index in [-0.39, 0.29) is 18.0 Å².